The van der Waals surface area contributed by atoms with Crippen LogP contribution in [0.1, 0.15) is 22.3 Å². The first-order valence-electron chi connectivity index (χ1n) is 10.7. The summed E-state index contributed by atoms with van der Waals surface area (Å²) in [6.45, 7) is 4.41. The van der Waals surface area contributed by atoms with Crippen LogP contribution in [0.15, 0.2) is 83.0 Å². The number of carbonyl (C=O) groups is 2. The minimum absolute atomic E-state index is 0.0449. The number of anilines is 2. The number of nitrogens with zero attached hydrogens (tertiary/aromatic N) is 4. The maximum atomic E-state index is 13.3. The molecule has 164 valence electrons. The molecule has 2 heterocycles. The van der Waals surface area contributed by atoms with Gasteiger partial charge in [-0.15, -0.1) is 10.2 Å². The number of hydrogen-bond donors (Lipinski definition) is 0. The zero-order valence-electron chi connectivity index (χ0n) is 18.4. The lowest BCUT2D eigenvalue weighted by Gasteiger charge is -2.18. The molecule has 33 heavy (non-hydrogen) atoms. The lowest BCUT2D eigenvalue weighted by molar-refractivity contribution is -0.115. The molecule has 2 aliphatic heterocycles. The molecule has 5 rings (SSSR count). The number of amides is 2. The van der Waals surface area contributed by atoms with Gasteiger partial charge in [0.2, 0.25) is 5.91 Å². The van der Waals surface area contributed by atoms with Gasteiger partial charge in [0.05, 0.1) is 23.7 Å². The number of aryl methyl sites for hydroxylation is 2. The monoisotopic (exact) mass is 454 g/mol. The molecule has 1 saturated heterocycles. The quantitative estimate of drug-likeness (QED) is 0.537. The summed E-state index contributed by atoms with van der Waals surface area (Å²) in [4.78, 5) is 29.3. The van der Waals surface area contributed by atoms with Gasteiger partial charge in [-0.05, 0) is 42.7 Å². The summed E-state index contributed by atoms with van der Waals surface area (Å²) in [5.74, 6) is 0.0513. The molecule has 0 aliphatic carbocycles. The molecule has 2 amide bonds. The summed E-state index contributed by atoms with van der Waals surface area (Å²) in [5.41, 5.74) is 5.71. The van der Waals surface area contributed by atoms with Crippen molar-refractivity contribution in [1.29, 1.82) is 0 Å². The number of rotatable bonds is 4. The smallest absolute Gasteiger partial charge is 0.279 e. The van der Waals surface area contributed by atoms with Crippen molar-refractivity contribution in [1.82, 2.24) is 0 Å². The van der Waals surface area contributed by atoms with Crippen molar-refractivity contribution in [2.75, 3.05) is 15.6 Å². The van der Waals surface area contributed by atoms with E-state index < -0.39 is 0 Å². The molecule has 2 aliphatic rings. The maximum absolute atomic E-state index is 13.3. The molecule has 3 aromatic rings. The lowest BCUT2D eigenvalue weighted by Crippen LogP contribution is -2.30. The van der Waals surface area contributed by atoms with E-state index in [4.69, 9.17) is 0 Å². The van der Waals surface area contributed by atoms with Crippen molar-refractivity contribution in [3.8, 4) is 0 Å². The average Bonchev–Trinajstić information content (AvgIpc) is 3.32. The first-order valence-corrected chi connectivity index (χ1v) is 11.7. The van der Waals surface area contributed by atoms with Crippen LogP contribution in [-0.4, -0.2) is 28.4 Å². The van der Waals surface area contributed by atoms with Crippen LogP contribution >= 0.6 is 11.8 Å². The molecule has 0 bridgehead atoms. The molecule has 0 unspecified atom stereocenters. The highest BCUT2D eigenvalue weighted by Crippen LogP contribution is 2.32. The van der Waals surface area contributed by atoms with Crippen LogP contribution < -0.4 is 9.80 Å². The van der Waals surface area contributed by atoms with Crippen molar-refractivity contribution < 1.29 is 9.59 Å². The number of para-hydroxylation sites is 1. The van der Waals surface area contributed by atoms with Gasteiger partial charge in [-0.1, -0.05) is 72.4 Å². The second-order valence-electron chi connectivity index (χ2n) is 8.03. The van der Waals surface area contributed by atoms with E-state index in [1.165, 1.54) is 11.8 Å². The zero-order chi connectivity index (χ0) is 22.9. The molecule has 0 atom stereocenters. The van der Waals surface area contributed by atoms with Gasteiger partial charge in [-0.25, -0.2) is 0 Å². The van der Waals surface area contributed by atoms with Gasteiger partial charge in [-0.2, -0.15) is 0 Å². The average molecular weight is 455 g/mol. The third-order valence-electron chi connectivity index (χ3n) is 5.69. The van der Waals surface area contributed by atoms with Gasteiger partial charge in [0.15, 0.2) is 10.9 Å². The molecule has 0 saturated carbocycles. The van der Waals surface area contributed by atoms with Gasteiger partial charge in [0.1, 0.15) is 0 Å². The van der Waals surface area contributed by atoms with Crippen LogP contribution in [0.25, 0.3) is 0 Å². The molecule has 0 aromatic heterocycles. The van der Waals surface area contributed by atoms with Crippen LogP contribution in [0.4, 0.5) is 11.4 Å². The fourth-order valence-corrected chi connectivity index (χ4v) is 4.82. The van der Waals surface area contributed by atoms with Crippen molar-refractivity contribution in [3.05, 3.63) is 95.1 Å². The van der Waals surface area contributed by atoms with E-state index in [9.17, 15) is 9.59 Å². The molecule has 6 nitrogen and oxygen atoms in total. The number of benzene rings is 3. The molecule has 0 spiro atoms. The highest BCUT2D eigenvalue weighted by Gasteiger charge is 2.35. The fourth-order valence-electron chi connectivity index (χ4n) is 4.01. The second-order valence-corrected chi connectivity index (χ2v) is 8.98. The van der Waals surface area contributed by atoms with Crippen molar-refractivity contribution in [2.24, 2.45) is 10.2 Å². The van der Waals surface area contributed by atoms with Crippen LogP contribution in [-0.2, 0) is 16.1 Å². The lowest BCUT2D eigenvalue weighted by atomic mass is 10.1. The minimum Gasteiger partial charge on any atom is -0.302 e. The molecular formula is C26H22N4O2S. The Morgan fingerprint density at radius 1 is 0.879 bits per heavy atom. The molecule has 7 heteroatoms. The second kappa shape index (κ2) is 8.67. The predicted octanol–water partition coefficient (Wildman–Crippen LogP) is 4.69. The summed E-state index contributed by atoms with van der Waals surface area (Å²) in [5, 5.41) is 9.26. The van der Waals surface area contributed by atoms with Crippen LogP contribution in [0.3, 0.4) is 0 Å². The Balaban J connectivity index is 1.51. The first kappa shape index (κ1) is 21.2. The van der Waals surface area contributed by atoms with Crippen molar-refractivity contribution >= 4 is 45.8 Å². The Kier molecular flexibility index (Phi) is 5.56. The van der Waals surface area contributed by atoms with Crippen molar-refractivity contribution in [3.63, 3.8) is 0 Å². The minimum atomic E-state index is -0.197. The fraction of sp³-hybridized carbons (Fsp3) is 0.154. The van der Waals surface area contributed by atoms with Gasteiger partial charge >= 0.3 is 0 Å². The number of thioether (sulfide) groups is 1. The molecule has 0 N–H and O–H groups in total. The SMILES string of the molecule is Cc1ccc(C)c(N2C(=O)CS/C2=N\N=C2/C(=O)N(Cc3ccccc3)c3ccccc32)c1. The Morgan fingerprint density at radius 3 is 2.45 bits per heavy atom. The molecule has 1 fully saturated rings. The third kappa shape index (κ3) is 3.96. The molecule has 3 aromatic carbocycles. The number of carbonyl (C=O) groups excluding carboxylic acids is 2. The van der Waals surface area contributed by atoms with Gasteiger partial charge in [0, 0.05) is 5.56 Å². The third-order valence-corrected chi connectivity index (χ3v) is 6.60. The molecule has 0 radical (unpaired) electrons. The summed E-state index contributed by atoms with van der Waals surface area (Å²) in [6, 6.07) is 23.4. The largest absolute Gasteiger partial charge is 0.302 e. The van der Waals surface area contributed by atoms with E-state index >= 15 is 0 Å². The van der Waals surface area contributed by atoms with Gasteiger partial charge in [0.25, 0.3) is 5.91 Å². The normalized spacial score (nSPS) is 18.0. The van der Waals surface area contributed by atoms with Crippen molar-refractivity contribution in [2.45, 2.75) is 20.4 Å². The number of fused-ring (bicyclic) bond motifs is 1. The highest BCUT2D eigenvalue weighted by atomic mass is 32.2. The summed E-state index contributed by atoms with van der Waals surface area (Å²) < 4.78 is 0. The van der Waals surface area contributed by atoms with Gasteiger partial charge < -0.3 is 4.90 Å². The number of hydrogen-bond acceptors (Lipinski definition) is 5. The summed E-state index contributed by atoms with van der Waals surface area (Å²) in [6.07, 6.45) is 0. The van der Waals surface area contributed by atoms with E-state index in [1.807, 2.05) is 86.6 Å². The van der Waals surface area contributed by atoms with E-state index in [0.29, 0.717) is 17.5 Å². The van der Waals surface area contributed by atoms with E-state index in [1.54, 1.807) is 9.80 Å². The highest BCUT2D eigenvalue weighted by molar-refractivity contribution is 8.15. The Morgan fingerprint density at radius 2 is 1.64 bits per heavy atom. The van der Waals surface area contributed by atoms with E-state index in [-0.39, 0.29) is 17.5 Å². The first-order chi connectivity index (χ1) is 16.0. The van der Waals surface area contributed by atoms with Crippen LogP contribution in [0.2, 0.25) is 0 Å². The zero-order valence-corrected chi connectivity index (χ0v) is 19.2. The maximum Gasteiger partial charge on any atom is 0.279 e. The van der Waals surface area contributed by atoms with E-state index in [2.05, 4.69) is 10.2 Å². The topological polar surface area (TPSA) is 65.3 Å². The Hall–Kier alpha value is -3.71. The van der Waals surface area contributed by atoms with Crippen LogP contribution in [0.5, 0.6) is 0 Å². The summed E-state index contributed by atoms with van der Waals surface area (Å²) >= 11 is 1.33. The summed E-state index contributed by atoms with van der Waals surface area (Å²) in [7, 11) is 0. The predicted molar refractivity (Wildman–Crippen MR) is 134 cm³/mol. The standard InChI is InChI=1S/C26H22N4O2S/c1-17-12-13-18(2)22(14-17)30-23(31)16-33-26(30)28-27-24-20-10-6-7-11-21(20)29(25(24)32)15-19-8-4-3-5-9-19/h3-14H,15-16H2,1-2H3/b27-24-,28-26-. The number of amidine groups is 1. The molecular weight excluding hydrogens is 432 g/mol. The van der Waals surface area contributed by atoms with Crippen LogP contribution in [0, 0.1) is 13.8 Å². The van der Waals surface area contributed by atoms with E-state index in [0.717, 1.165) is 33.6 Å². The Bertz CT molecular complexity index is 1320. The van der Waals surface area contributed by atoms with Gasteiger partial charge in [-0.3, -0.25) is 14.5 Å². The Labute approximate surface area is 196 Å².